The zero-order valence-electron chi connectivity index (χ0n) is 10.6. The van der Waals surface area contributed by atoms with E-state index >= 15 is 0 Å². The van der Waals surface area contributed by atoms with Gasteiger partial charge in [-0.2, -0.15) is 4.98 Å². The maximum atomic E-state index is 13.8. The molecule has 0 saturated carbocycles. The van der Waals surface area contributed by atoms with E-state index in [9.17, 15) is 4.39 Å². The van der Waals surface area contributed by atoms with Gasteiger partial charge in [-0.05, 0) is 19.1 Å². The van der Waals surface area contributed by atoms with Crippen molar-refractivity contribution < 1.29 is 9.13 Å². The topological polar surface area (TPSA) is 61.0 Å². The monoisotopic (exact) mass is 281 g/mol. The average molecular weight is 282 g/mol. The summed E-state index contributed by atoms with van der Waals surface area (Å²) >= 11 is 5.70. The van der Waals surface area contributed by atoms with E-state index in [0.717, 1.165) is 0 Å². The number of halogens is 2. The highest BCUT2D eigenvalue weighted by atomic mass is 35.5. The molecule has 0 aliphatic heterocycles. The zero-order valence-corrected chi connectivity index (χ0v) is 11.3. The third-order valence-electron chi connectivity index (χ3n) is 2.62. The smallest absolute Gasteiger partial charge is 0.227 e. The van der Waals surface area contributed by atoms with Gasteiger partial charge in [0.1, 0.15) is 11.6 Å². The molecule has 0 radical (unpaired) electrons. The highest BCUT2D eigenvalue weighted by Gasteiger charge is 2.13. The van der Waals surface area contributed by atoms with Crippen molar-refractivity contribution in [1.82, 2.24) is 9.97 Å². The number of hydrogen-bond acceptors (Lipinski definition) is 4. The van der Waals surface area contributed by atoms with Gasteiger partial charge in [0.05, 0.1) is 10.6 Å². The Morgan fingerprint density at radius 2 is 2.11 bits per heavy atom. The van der Waals surface area contributed by atoms with Crippen LogP contribution in [0.25, 0.3) is 0 Å². The lowest BCUT2D eigenvalue weighted by Crippen LogP contribution is -2.04. The molecule has 6 heteroatoms. The van der Waals surface area contributed by atoms with Crippen LogP contribution in [0.4, 0.5) is 10.2 Å². The fourth-order valence-electron chi connectivity index (χ4n) is 1.48. The second-order valence-corrected chi connectivity index (χ2v) is 4.37. The molecule has 0 atom stereocenters. The number of nitrogen functional groups attached to an aromatic ring is 1. The highest BCUT2D eigenvalue weighted by Crippen LogP contribution is 2.30. The van der Waals surface area contributed by atoms with Crippen LogP contribution >= 0.6 is 11.6 Å². The Morgan fingerprint density at radius 3 is 2.79 bits per heavy atom. The van der Waals surface area contributed by atoms with Crippen molar-refractivity contribution in [2.24, 2.45) is 0 Å². The van der Waals surface area contributed by atoms with Crippen LogP contribution in [0.2, 0.25) is 5.02 Å². The van der Waals surface area contributed by atoms with Crippen LogP contribution < -0.4 is 10.5 Å². The lowest BCUT2D eigenvalue weighted by atomic mass is 10.3. The summed E-state index contributed by atoms with van der Waals surface area (Å²) in [5, 5.41) is -0.00658. The number of rotatable bonds is 3. The molecule has 0 aliphatic carbocycles. The summed E-state index contributed by atoms with van der Waals surface area (Å²) in [4.78, 5) is 8.29. The fourth-order valence-corrected chi connectivity index (χ4v) is 1.65. The predicted octanol–water partition coefficient (Wildman–Crippen LogP) is 3.51. The van der Waals surface area contributed by atoms with Crippen molar-refractivity contribution in [3.8, 4) is 11.6 Å². The van der Waals surface area contributed by atoms with Gasteiger partial charge >= 0.3 is 0 Å². The van der Waals surface area contributed by atoms with E-state index in [0.29, 0.717) is 23.6 Å². The molecular weight excluding hydrogens is 269 g/mol. The van der Waals surface area contributed by atoms with Gasteiger partial charge in [0.2, 0.25) is 5.88 Å². The minimum atomic E-state index is -0.626. The van der Waals surface area contributed by atoms with Crippen LogP contribution in [0.3, 0.4) is 0 Å². The van der Waals surface area contributed by atoms with Crippen molar-refractivity contribution >= 4 is 17.4 Å². The van der Waals surface area contributed by atoms with Crippen LogP contribution in [-0.4, -0.2) is 9.97 Å². The average Bonchev–Trinajstić information content (AvgIpc) is 2.39. The largest absolute Gasteiger partial charge is 0.435 e. The molecular formula is C13H13ClFN3O. The molecule has 2 aromatic rings. The minimum absolute atomic E-state index is 0.00658. The summed E-state index contributed by atoms with van der Waals surface area (Å²) in [5.41, 5.74) is 6.33. The Labute approximate surface area is 115 Å². The molecule has 0 aliphatic rings. The van der Waals surface area contributed by atoms with E-state index in [1.807, 2.05) is 6.92 Å². The van der Waals surface area contributed by atoms with Gasteiger partial charge in [-0.25, -0.2) is 9.37 Å². The number of anilines is 1. The van der Waals surface area contributed by atoms with Crippen molar-refractivity contribution in [3.63, 3.8) is 0 Å². The number of aryl methyl sites for hydroxylation is 1. The summed E-state index contributed by atoms with van der Waals surface area (Å²) < 4.78 is 19.2. The van der Waals surface area contributed by atoms with E-state index in [2.05, 4.69) is 9.97 Å². The van der Waals surface area contributed by atoms with Gasteiger partial charge in [-0.15, -0.1) is 0 Å². The van der Waals surface area contributed by atoms with Crippen molar-refractivity contribution in [1.29, 1.82) is 0 Å². The minimum Gasteiger partial charge on any atom is -0.435 e. The SMILES string of the molecule is CCc1nc(N)c(C)c(Oc2cccc(Cl)c2F)n1. The Kier molecular flexibility index (Phi) is 3.85. The molecule has 0 saturated heterocycles. The molecule has 100 valence electrons. The molecule has 1 aromatic heterocycles. The molecule has 2 rings (SSSR count). The summed E-state index contributed by atoms with van der Waals surface area (Å²) in [6.45, 7) is 3.61. The molecule has 2 N–H and O–H groups in total. The molecule has 0 bridgehead atoms. The van der Waals surface area contributed by atoms with Gasteiger partial charge in [-0.3, -0.25) is 0 Å². The Bertz CT molecular complexity index is 619. The van der Waals surface area contributed by atoms with E-state index in [1.54, 1.807) is 13.0 Å². The second kappa shape index (κ2) is 5.40. The van der Waals surface area contributed by atoms with E-state index in [4.69, 9.17) is 22.1 Å². The summed E-state index contributed by atoms with van der Waals surface area (Å²) in [6, 6.07) is 4.52. The van der Waals surface area contributed by atoms with Crippen LogP contribution in [0.5, 0.6) is 11.6 Å². The Balaban J connectivity index is 2.43. The third kappa shape index (κ3) is 2.76. The number of nitrogens with two attached hydrogens (primary N) is 1. The first kappa shape index (κ1) is 13.5. The highest BCUT2D eigenvalue weighted by molar-refractivity contribution is 6.30. The van der Waals surface area contributed by atoms with E-state index in [1.165, 1.54) is 12.1 Å². The van der Waals surface area contributed by atoms with E-state index < -0.39 is 5.82 Å². The lowest BCUT2D eigenvalue weighted by molar-refractivity contribution is 0.422. The van der Waals surface area contributed by atoms with Crippen molar-refractivity contribution in [2.75, 3.05) is 5.73 Å². The number of aromatic nitrogens is 2. The first-order chi connectivity index (χ1) is 9.02. The van der Waals surface area contributed by atoms with Crippen molar-refractivity contribution in [3.05, 3.63) is 40.4 Å². The first-order valence-corrected chi connectivity index (χ1v) is 6.15. The standard InChI is InChI=1S/C13H13ClFN3O/c1-3-10-17-12(16)7(2)13(18-10)19-9-6-4-5-8(14)11(9)15/h4-6H,3H2,1-2H3,(H2,16,17,18). The Hall–Kier alpha value is -1.88. The number of nitrogens with zero attached hydrogens (tertiary/aromatic N) is 2. The van der Waals surface area contributed by atoms with Gasteiger partial charge < -0.3 is 10.5 Å². The predicted molar refractivity (Wildman–Crippen MR) is 72.0 cm³/mol. The molecule has 0 spiro atoms. The first-order valence-electron chi connectivity index (χ1n) is 5.77. The van der Waals surface area contributed by atoms with Gasteiger partial charge in [0.25, 0.3) is 0 Å². The summed E-state index contributed by atoms with van der Waals surface area (Å²) in [7, 11) is 0. The lowest BCUT2D eigenvalue weighted by Gasteiger charge is -2.11. The molecule has 0 unspecified atom stereocenters. The number of ether oxygens (including phenoxy) is 1. The number of hydrogen-bond donors (Lipinski definition) is 1. The zero-order chi connectivity index (χ0) is 14.0. The van der Waals surface area contributed by atoms with Crippen LogP contribution in [0.1, 0.15) is 18.3 Å². The molecule has 19 heavy (non-hydrogen) atoms. The Morgan fingerprint density at radius 1 is 1.37 bits per heavy atom. The maximum Gasteiger partial charge on any atom is 0.227 e. The van der Waals surface area contributed by atoms with Gasteiger partial charge in [0.15, 0.2) is 11.6 Å². The van der Waals surface area contributed by atoms with Crippen LogP contribution in [0, 0.1) is 12.7 Å². The fraction of sp³-hybridized carbons (Fsp3) is 0.231. The number of benzene rings is 1. The molecule has 0 fully saturated rings. The van der Waals surface area contributed by atoms with Gasteiger partial charge in [-0.1, -0.05) is 24.6 Å². The van der Waals surface area contributed by atoms with Crippen molar-refractivity contribution in [2.45, 2.75) is 20.3 Å². The van der Waals surface area contributed by atoms with E-state index in [-0.39, 0.29) is 16.7 Å². The summed E-state index contributed by atoms with van der Waals surface area (Å²) in [6.07, 6.45) is 0.610. The molecule has 0 amide bonds. The second-order valence-electron chi connectivity index (χ2n) is 3.96. The summed E-state index contributed by atoms with van der Waals surface area (Å²) in [5.74, 6) is 0.491. The molecule has 4 nitrogen and oxygen atoms in total. The molecule has 1 heterocycles. The quantitative estimate of drug-likeness (QED) is 0.935. The third-order valence-corrected chi connectivity index (χ3v) is 2.92. The van der Waals surface area contributed by atoms with Crippen LogP contribution in [0.15, 0.2) is 18.2 Å². The molecule has 1 aromatic carbocycles. The van der Waals surface area contributed by atoms with Crippen LogP contribution in [-0.2, 0) is 6.42 Å². The maximum absolute atomic E-state index is 13.8. The normalized spacial score (nSPS) is 10.5. The van der Waals surface area contributed by atoms with Gasteiger partial charge in [0, 0.05) is 6.42 Å².